The Morgan fingerprint density at radius 3 is 2.68 bits per heavy atom. The highest BCUT2D eigenvalue weighted by molar-refractivity contribution is 7.80. The van der Waals surface area contributed by atoms with Gasteiger partial charge in [-0.3, -0.25) is 4.98 Å². The fourth-order valence-corrected chi connectivity index (χ4v) is 2.52. The average molecular weight is 266 g/mol. The Bertz CT molecular complexity index is 605. The Labute approximate surface area is 118 Å². The second-order valence-corrected chi connectivity index (χ2v) is 4.97. The first-order valence-electron chi connectivity index (χ1n) is 6.29. The maximum absolute atomic E-state index is 5.47. The average Bonchev–Trinajstić information content (AvgIpc) is 2.82. The van der Waals surface area contributed by atoms with Crippen LogP contribution in [-0.4, -0.2) is 14.9 Å². The lowest BCUT2D eigenvalue weighted by Crippen LogP contribution is -2.22. The van der Waals surface area contributed by atoms with Crippen LogP contribution in [0.1, 0.15) is 17.5 Å². The molecule has 1 aromatic heterocycles. The molecule has 0 fully saturated rings. The molecular weight excluding hydrogens is 252 g/mol. The maximum atomic E-state index is 5.47. The first kappa shape index (κ1) is 12.1. The Balaban J connectivity index is 1.87. The molecule has 19 heavy (non-hydrogen) atoms. The topological polar surface area (TPSA) is 16.1 Å². The highest BCUT2D eigenvalue weighted by atomic mass is 32.1. The molecule has 1 aliphatic heterocycles. The number of nitrogens with zero attached hydrogens (tertiary/aromatic N) is 2. The molecule has 0 spiro atoms. The highest BCUT2D eigenvalue weighted by Crippen LogP contribution is 2.28. The van der Waals surface area contributed by atoms with Gasteiger partial charge in [0.1, 0.15) is 0 Å². The Kier molecular flexibility index (Phi) is 3.38. The van der Waals surface area contributed by atoms with E-state index in [0.717, 1.165) is 18.0 Å². The molecule has 0 atom stereocenters. The zero-order chi connectivity index (χ0) is 13.1. The van der Waals surface area contributed by atoms with Crippen molar-refractivity contribution in [3.63, 3.8) is 0 Å². The lowest BCUT2D eigenvalue weighted by Gasteiger charge is -2.22. The molecule has 0 bridgehead atoms. The van der Waals surface area contributed by atoms with Gasteiger partial charge >= 0.3 is 0 Å². The van der Waals surface area contributed by atoms with E-state index in [0.29, 0.717) is 0 Å². The van der Waals surface area contributed by atoms with Gasteiger partial charge in [0.25, 0.3) is 0 Å². The first-order valence-corrected chi connectivity index (χ1v) is 6.70. The largest absolute Gasteiger partial charge is 0.331 e. The van der Waals surface area contributed by atoms with Crippen LogP contribution in [0.15, 0.2) is 60.9 Å². The second-order valence-electron chi connectivity index (χ2n) is 4.50. The Hall–Kier alpha value is -2.00. The van der Waals surface area contributed by atoms with E-state index in [1.165, 1.54) is 16.8 Å². The molecule has 0 radical (unpaired) electrons. The van der Waals surface area contributed by atoms with Crippen LogP contribution < -0.4 is 0 Å². The van der Waals surface area contributed by atoms with Crippen molar-refractivity contribution in [3.8, 4) is 0 Å². The molecular formula is C16H14N2S. The molecule has 0 saturated heterocycles. The first-order chi connectivity index (χ1) is 9.34. The molecule has 0 unspecified atom stereocenters. The normalized spacial score (nSPS) is 14.6. The fourth-order valence-electron chi connectivity index (χ4n) is 2.27. The molecule has 3 rings (SSSR count). The number of pyridine rings is 1. The minimum Gasteiger partial charge on any atom is -0.331 e. The Morgan fingerprint density at radius 2 is 1.95 bits per heavy atom. The molecule has 0 aliphatic carbocycles. The SMILES string of the molecule is S=C1CC=C(c2ccccc2)N1Cc1cccnc1. The molecule has 3 heteroatoms. The van der Waals surface area contributed by atoms with E-state index in [1.807, 2.05) is 18.3 Å². The summed E-state index contributed by atoms with van der Waals surface area (Å²) in [5, 5.41) is 0. The quantitative estimate of drug-likeness (QED) is 0.789. The van der Waals surface area contributed by atoms with Crippen LogP contribution in [0.25, 0.3) is 5.70 Å². The molecule has 1 aromatic carbocycles. The third-order valence-corrected chi connectivity index (χ3v) is 3.58. The van der Waals surface area contributed by atoms with E-state index in [2.05, 4.69) is 46.3 Å². The molecule has 2 aromatic rings. The van der Waals surface area contributed by atoms with Gasteiger partial charge < -0.3 is 4.90 Å². The number of hydrogen-bond acceptors (Lipinski definition) is 2. The van der Waals surface area contributed by atoms with Gasteiger partial charge in [-0.15, -0.1) is 0 Å². The smallest absolute Gasteiger partial charge is 0.0865 e. The van der Waals surface area contributed by atoms with E-state index in [9.17, 15) is 0 Å². The summed E-state index contributed by atoms with van der Waals surface area (Å²) < 4.78 is 0. The third kappa shape index (κ3) is 2.56. The van der Waals surface area contributed by atoms with Gasteiger partial charge in [-0.05, 0) is 17.2 Å². The summed E-state index contributed by atoms with van der Waals surface area (Å²) in [6.07, 6.45) is 6.73. The summed E-state index contributed by atoms with van der Waals surface area (Å²) in [4.78, 5) is 7.33. The zero-order valence-electron chi connectivity index (χ0n) is 10.5. The van der Waals surface area contributed by atoms with E-state index in [4.69, 9.17) is 12.2 Å². The number of aromatic nitrogens is 1. The van der Waals surface area contributed by atoms with E-state index >= 15 is 0 Å². The van der Waals surface area contributed by atoms with Crippen molar-refractivity contribution in [2.75, 3.05) is 0 Å². The summed E-state index contributed by atoms with van der Waals surface area (Å²) in [6, 6.07) is 14.4. The van der Waals surface area contributed by atoms with Crippen molar-refractivity contribution in [2.24, 2.45) is 0 Å². The Morgan fingerprint density at radius 1 is 1.11 bits per heavy atom. The third-order valence-electron chi connectivity index (χ3n) is 3.19. The van der Waals surface area contributed by atoms with E-state index in [1.54, 1.807) is 6.20 Å². The summed E-state index contributed by atoms with van der Waals surface area (Å²) in [5.41, 5.74) is 3.59. The van der Waals surface area contributed by atoms with Gasteiger partial charge in [-0.1, -0.05) is 54.7 Å². The predicted molar refractivity (Wildman–Crippen MR) is 81.4 cm³/mol. The number of rotatable bonds is 3. The number of hydrogen-bond donors (Lipinski definition) is 0. The minimum absolute atomic E-state index is 0.785. The lowest BCUT2D eigenvalue weighted by molar-refractivity contribution is 0.592. The number of thiocarbonyl (C=S) groups is 1. The van der Waals surface area contributed by atoms with E-state index < -0.39 is 0 Å². The molecule has 1 aliphatic rings. The molecule has 0 amide bonds. The number of benzene rings is 1. The predicted octanol–water partition coefficient (Wildman–Crippen LogP) is 3.66. The van der Waals surface area contributed by atoms with Gasteiger partial charge in [-0.2, -0.15) is 0 Å². The van der Waals surface area contributed by atoms with Crippen molar-refractivity contribution >= 4 is 22.9 Å². The molecule has 2 nitrogen and oxygen atoms in total. The molecule has 94 valence electrons. The van der Waals surface area contributed by atoms with Crippen LogP contribution in [-0.2, 0) is 6.54 Å². The van der Waals surface area contributed by atoms with E-state index in [-0.39, 0.29) is 0 Å². The van der Waals surface area contributed by atoms with Crippen LogP contribution in [0, 0.1) is 0 Å². The standard InChI is InChI=1S/C16H14N2S/c19-16-9-8-15(14-6-2-1-3-7-14)18(16)12-13-5-4-10-17-11-13/h1-8,10-11H,9,12H2. The van der Waals surface area contributed by atoms with Crippen molar-refractivity contribution < 1.29 is 0 Å². The van der Waals surface area contributed by atoms with Crippen molar-refractivity contribution in [1.82, 2.24) is 9.88 Å². The van der Waals surface area contributed by atoms with Gasteiger partial charge in [0.05, 0.1) is 11.5 Å². The van der Waals surface area contributed by atoms with Crippen LogP contribution in [0.4, 0.5) is 0 Å². The molecule has 2 heterocycles. The second kappa shape index (κ2) is 5.33. The highest BCUT2D eigenvalue weighted by Gasteiger charge is 2.21. The van der Waals surface area contributed by atoms with Crippen molar-refractivity contribution in [3.05, 3.63) is 72.1 Å². The van der Waals surface area contributed by atoms with Gasteiger partial charge in [0.15, 0.2) is 0 Å². The molecule has 0 N–H and O–H groups in total. The lowest BCUT2D eigenvalue weighted by atomic mass is 10.1. The van der Waals surface area contributed by atoms with Crippen LogP contribution in [0.5, 0.6) is 0 Å². The monoisotopic (exact) mass is 266 g/mol. The van der Waals surface area contributed by atoms with Gasteiger partial charge in [0.2, 0.25) is 0 Å². The summed E-state index contributed by atoms with van der Waals surface area (Å²) in [7, 11) is 0. The molecule has 0 saturated carbocycles. The maximum Gasteiger partial charge on any atom is 0.0865 e. The van der Waals surface area contributed by atoms with Crippen molar-refractivity contribution in [1.29, 1.82) is 0 Å². The summed E-state index contributed by atoms with van der Waals surface area (Å²) in [5.74, 6) is 0. The van der Waals surface area contributed by atoms with Crippen LogP contribution in [0.2, 0.25) is 0 Å². The fraction of sp³-hybridized carbons (Fsp3) is 0.125. The minimum atomic E-state index is 0.785. The van der Waals surface area contributed by atoms with Crippen LogP contribution >= 0.6 is 12.2 Å². The van der Waals surface area contributed by atoms with Crippen molar-refractivity contribution in [2.45, 2.75) is 13.0 Å². The van der Waals surface area contributed by atoms with Gasteiger partial charge in [0, 0.05) is 24.5 Å². The van der Waals surface area contributed by atoms with Gasteiger partial charge in [-0.25, -0.2) is 0 Å². The zero-order valence-corrected chi connectivity index (χ0v) is 11.3. The summed E-state index contributed by atoms with van der Waals surface area (Å²) in [6.45, 7) is 0.785. The van der Waals surface area contributed by atoms with Crippen LogP contribution in [0.3, 0.4) is 0 Å². The summed E-state index contributed by atoms with van der Waals surface area (Å²) >= 11 is 5.47.